The van der Waals surface area contributed by atoms with E-state index in [2.05, 4.69) is 86.8 Å². The number of ether oxygens (including phenoxy) is 1. The number of nitriles is 1. The molecule has 0 radical (unpaired) electrons. The van der Waals surface area contributed by atoms with Gasteiger partial charge in [-0.3, -0.25) is 4.90 Å². The van der Waals surface area contributed by atoms with Gasteiger partial charge in [-0.1, -0.05) is 0 Å². The number of nitrogens with one attached hydrogen (secondary N) is 2. The maximum atomic E-state index is 9.70. The molecule has 0 atom stereocenters. The van der Waals surface area contributed by atoms with Crippen molar-refractivity contribution in [2.24, 2.45) is 7.05 Å². The largest absolute Gasteiger partial charge is 0.474 e. The fraction of sp³-hybridized carbons (Fsp3) is 0.560. The summed E-state index contributed by atoms with van der Waals surface area (Å²) in [7, 11) is 3.92. The Morgan fingerprint density at radius 2 is 1.81 bits per heavy atom. The molecule has 0 amide bonds. The van der Waals surface area contributed by atoms with Crippen molar-refractivity contribution in [3.05, 3.63) is 24.0 Å². The van der Waals surface area contributed by atoms with E-state index in [9.17, 15) is 5.26 Å². The predicted molar refractivity (Wildman–Crippen MR) is 140 cm³/mol. The molecule has 4 heterocycles. The summed E-state index contributed by atoms with van der Waals surface area (Å²) in [5, 5.41) is 28.2. The van der Waals surface area contributed by atoms with Crippen LogP contribution in [0.2, 0.25) is 0 Å². The standard InChI is InChI=1S/C25H35N11O/c1-15(2)37-22-19(21-32-33-34-35(21)7)9-17(14-27-22)30-23-28-13-16(12-26)20(31-23)29-18-10-24(3,4)36(8)25(5,6)11-18/h9,13-15,18H,10-11H2,1-8H3,(H2,28,29,30,31). The molecule has 1 aliphatic rings. The van der Waals surface area contributed by atoms with Gasteiger partial charge in [0.1, 0.15) is 17.5 Å². The second-order valence-electron chi connectivity index (χ2n) is 11.0. The lowest BCUT2D eigenvalue weighted by molar-refractivity contribution is -0.00773. The van der Waals surface area contributed by atoms with Crippen molar-refractivity contribution in [2.75, 3.05) is 17.7 Å². The van der Waals surface area contributed by atoms with E-state index in [1.807, 2.05) is 19.9 Å². The van der Waals surface area contributed by atoms with E-state index in [0.717, 1.165) is 12.8 Å². The van der Waals surface area contributed by atoms with Crippen molar-refractivity contribution in [2.45, 2.75) is 77.6 Å². The molecule has 3 aromatic rings. The van der Waals surface area contributed by atoms with Crippen LogP contribution in [0.5, 0.6) is 5.88 Å². The Morgan fingerprint density at radius 3 is 2.41 bits per heavy atom. The smallest absolute Gasteiger partial charge is 0.229 e. The highest BCUT2D eigenvalue weighted by Gasteiger charge is 2.43. The summed E-state index contributed by atoms with van der Waals surface area (Å²) < 4.78 is 7.43. The maximum Gasteiger partial charge on any atom is 0.229 e. The van der Waals surface area contributed by atoms with Crippen LogP contribution in [-0.2, 0) is 7.05 Å². The molecule has 3 aromatic heterocycles. The number of likely N-dealkylation sites (tertiary alicyclic amines) is 1. The van der Waals surface area contributed by atoms with Gasteiger partial charge in [-0.25, -0.2) is 14.6 Å². The van der Waals surface area contributed by atoms with E-state index in [1.54, 1.807) is 17.9 Å². The van der Waals surface area contributed by atoms with Crippen molar-refractivity contribution >= 4 is 17.5 Å². The summed E-state index contributed by atoms with van der Waals surface area (Å²) in [6, 6.07) is 4.20. The first-order chi connectivity index (χ1) is 17.4. The lowest BCUT2D eigenvalue weighted by atomic mass is 9.77. The summed E-state index contributed by atoms with van der Waals surface area (Å²) in [5.41, 5.74) is 1.65. The molecular weight excluding hydrogens is 470 g/mol. The first-order valence-electron chi connectivity index (χ1n) is 12.3. The summed E-state index contributed by atoms with van der Waals surface area (Å²) in [5.74, 6) is 1.79. The van der Waals surface area contributed by atoms with Crippen LogP contribution in [0.3, 0.4) is 0 Å². The number of anilines is 3. The minimum atomic E-state index is -0.0729. The molecule has 2 N–H and O–H groups in total. The second kappa shape index (κ2) is 9.89. The number of nitrogens with zero attached hydrogens (tertiary/aromatic N) is 9. The highest BCUT2D eigenvalue weighted by atomic mass is 16.5. The average Bonchev–Trinajstić information content (AvgIpc) is 3.23. The number of piperidine rings is 1. The zero-order chi connectivity index (χ0) is 27.0. The summed E-state index contributed by atoms with van der Waals surface area (Å²) in [6.07, 6.45) is 4.93. The zero-order valence-corrected chi connectivity index (χ0v) is 22.7. The fourth-order valence-electron chi connectivity index (χ4n) is 4.89. The van der Waals surface area contributed by atoms with Crippen LogP contribution in [0.1, 0.15) is 59.9 Å². The summed E-state index contributed by atoms with van der Waals surface area (Å²) >= 11 is 0. The molecule has 0 spiro atoms. The molecule has 0 aliphatic carbocycles. The third-order valence-corrected chi connectivity index (χ3v) is 6.87. The minimum absolute atomic E-state index is 0.00308. The lowest BCUT2D eigenvalue weighted by Crippen LogP contribution is -2.61. The Balaban J connectivity index is 1.62. The van der Waals surface area contributed by atoms with Crippen molar-refractivity contribution in [3.63, 3.8) is 0 Å². The first kappa shape index (κ1) is 26.2. The van der Waals surface area contributed by atoms with Crippen molar-refractivity contribution < 1.29 is 4.74 Å². The second-order valence-corrected chi connectivity index (χ2v) is 11.0. The van der Waals surface area contributed by atoms with E-state index >= 15 is 0 Å². The van der Waals surface area contributed by atoms with E-state index in [1.165, 1.54) is 6.20 Å². The van der Waals surface area contributed by atoms with Crippen LogP contribution in [0.4, 0.5) is 17.5 Å². The number of tetrazole rings is 1. The highest BCUT2D eigenvalue weighted by Crippen LogP contribution is 2.38. The van der Waals surface area contributed by atoms with Crippen molar-refractivity contribution in [3.8, 4) is 23.3 Å². The molecule has 196 valence electrons. The lowest BCUT2D eigenvalue weighted by Gasteiger charge is -2.53. The Bertz CT molecular complexity index is 1290. The molecule has 4 rings (SSSR count). The minimum Gasteiger partial charge on any atom is -0.474 e. The third-order valence-electron chi connectivity index (χ3n) is 6.87. The quantitative estimate of drug-likeness (QED) is 0.487. The number of aryl methyl sites for hydroxylation is 1. The van der Waals surface area contributed by atoms with Gasteiger partial charge in [-0.15, -0.1) is 5.10 Å². The monoisotopic (exact) mass is 505 g/mol. The molecule has 12 heteroatoms. The molecule has 1 aliphatic heterocycles. The molecule has 1 saturated heterocycles. The SMILES string of the molecule is CC(C)Oc1ncc(Nc2ncc(C#N)c(NC3CC(C)(C)N(C)C(C)(C)C3)n2)cc1-c1nnnn1C. The van der Waals surface area contributed by atoms with Gasteiger partial charge in [0.2, 0.25) is 11.8 Å². The third kappa shape index (κ3) is 5.61. The van der Waals surface area contributed by atoms with Gasteiger partial charge in [0.05, 0.1) is 29.7 Å². The first-order valence-corrected chi connectivity index (χ1v) is 12.3. The number of hydrogen-bond donors (Lipinski definition) is 2. The summed E-state index contributed by atoms with van der Waals surface area (Å²) in [6.45, 7) is 12.8. The van der Waals surface area contributed by atoms with Crippen LogP contribution >= 0.6 is 0 Å². The molecule has 1 fully saturated rings. The van der Waals surface area contributed by atoms with Gasteiger partial charge in [-0.05, 0) is 77.9 Å². The normalized spacial score (nSPS) is 17.4. The maximum absolute atomic E-state index is 9.70. The van der Waals surface area contributed by atoms with Crippen LogP contribution in [0.25, 0.3) is 11.4 Å². The van der Waals surface area contributed by atoms with Crippen molar-refractivity contribution in [1.29, 1.82) is 5.26 Å². The van der Waals surface area contributed by atoms with Gasteiger partial charge < -0.3 is 15.4 Å². The fourth-order valence-corrected chi connectivity index (χ4v) is 4.89. The van der Waals surface area contributed by atoms with E-state index in [4.69, 9.17) is 4.74 Å². The van der Waals surface area contributed by atoms with Crippen LogP contribution in [0, 0.1) is 11.3 Å². The number of hydrogen-bond acceptors (Lipinski definition) is 11. The Kier molecular flexibility index (Phi) is 7.01. The van der Waals surface area contributed by atoms with Crippen molar-refractivity contribution in [1.82, 2.24) is 40.1 Å². The van der Waals surface area contributed by atoms with Gasteiger partial charge in [-0.2, -0.15) is 10.2 Å². The topological polar surface area (TPSA) is 143 Å². The van der Waals surface area contributed by atoms with E-state index < -0.39 is 0 Å². The van der Waals surface area contributed by atoms with Gasteiger partial charge in [0, 0.05) is 24.2 Å². The highest BCUT2D eigenvalue weighted by molar-refractivity contribution is 5.69. The Labute approximate surface area is 217 Å². The molecule has 12 nitrogen and oxygen atoms in total. The molecule has 0 saturated carbocycles. The van der Waals surface area contributed by atoms with E-state index in [-0.39, 0.29) is 23.2 Å². The number of pyridine rings is 1. The molecule has 0 aromatic carbocycles. The molecule has 0 bridgehead atoms. The Morgan fingerprint density at radius 1 is 1.11 bits per heavy atom. The summed E-state index contributed by atoms with van der Waals surface area (Å²) in [4.78, 5) is 15.9. The number of aromatic nitrogens is 7. The molecule has 37 heavy (non-hydrogen) atoms. The average molecular weight is 506 g/mol. The molecular formula is C25H35N11O. The van der Waals surface area contributed by atoms with Gasteiger partial charge >= 0.3 is 0 Å². The van der Waals surface area contributed by atoms with Crippen LogP contribution in [-0.4, -0.2) is 70.3 Å². The Hall–Kier alpha value is -3.85. The van der Waals surface area contributed by atoms with Gasteiger partial charge in [0.15, 0.2) is 5.82 Å². The molecule has 0 unspecified atom stereocenters. The predicted octanol–water partition coefficient (Wildman–Crippen LogP) is 3.53. The number of rotatable bonds is 7. The van der Waals surface area contributed by atoms with Gasteiger partial charge in [0.25, 0.3) is 0 Å². The van der Waals surface area contributed by atoms with Crippen LogP contribution < -0.4 is 15.4 Å². The zero-order valence-electron chi connectivity index (χ0n) is 22.7. The van der Waals surface area contributed by atoms with E-state index in [0.29, 0.717) is 40.3 Å². The van der Waals surface area contributed by atoms with Crippen LogP contribution in [0.15, 0.2) is 18.5 Å².